The number of fused-ring (bicyclic) bond motifs is 4. The molecular weight excluding hydrogens is 709 g/mol. The summed E-state index contributed by atoms with van der Waals surface area (Å²) in [5.41, 5.74) is 15.6. The lowest BCUT2D eigenvalue weighted by Crippen LogP contribution is -2.10. The van der Waals surface area contributed by atoms with Gasteiger partial charge in [0, 0.05) is 44.8 Å². The van der Waals surface area contributed by atoms with Crippen LogP contribution in [0.5, 0.6) is 0 Å². The number of hydrogen-bond acceptors (Lipinski definition) is 4. The number of nitrogens with zero attached hydrogens (tertiary/aromatic N) is 6. The standard InChI is InChI=1S/C52H34N6/c1-3-15-39(16-4-1)57-47-25-13-11-23-45(47)55-51(57)37-31-27-35(28-32-37)49-41-19-7-9-21-43(41)54-50(42-20-8-10-22-44(42)53-49)36-29-33-38(34-30-36)52-56-46-24-12-14-26-48(46)58(52)40-17-5-2-6-18-40/h1-34H/b49-41?,50-42?,53-44?,53-49-,54-43?,54-50-. The van der Waals surface area contributed by atoms with Crippen molar-refractivity contribution >= 4 is 44.9 Å². The van der Waals surface area contributed by atoms with E-state index in [4.69, 9.17) is 20.0 Å². The van der Waals surface area contributed by atoms with Gasteiger partial charge in [0.25, 0.3) is 0 Å². The van der Waals surface area contributed by atoms with E-state index in [1.165, 1.54) is 0 Å². The normalized spacial score (nSPS) is 14.1. The lowest BCUT2D eigenvalue weighted by Gasteiger charge is -2.18. The largest absolute Gasteiger partial charge is 0.292 e. The van der Waals surface area contributed by atoms with Crippen LogP contribution in [0.3, 0.4) is 0 Å². The highest BCUT2D eigenvalue weighted by Gasteiger charge is 2.22. The molecule has 0 saturated heterocycles. The maximum absolute atomic E-state index is 5.43. The van der Waals surface area contributed by atoms with Gasteiger partial charge in [-0.3, -0.25) is 9.13 Å². The minimum Gasteiger partial charge on any atom is -0.292 e. The Hall–Kier alpha value is -7.96. The smallest absolute Gasteiger partial charge is 0.145 e. The SMILES string of the molecule is c1ccc(-n2c(-c3ccc(/C4=N/c5ccccc5/C(c5ccc(-c6nc7ccccc7n6-c6ccccc6)cc5)=N\c5ccccc54)cc3)nc3ccccc32)cc1. The number of imidazole rings is 2. The molecular formula is C52H34N6. The van der Waals surface area contributed by atoms with Crippen molar-refractivity contribution in [3.8, 4) is 34.2 Å². The Labute approximate surface area is 335 Å². The molecule has 0 unspecified atom stereocenters. The molecule has 58 heavy (non-hydrogen) atoms. The third kappa shape index (κ3) is 5.74. The third-order valence-electron chi connectivity index (χ3n) is 10.8. The predicted molar refractivity (Wildman–Crippen MR) is 236 cm³/mol. The molecule has 1 aliphatic heterocycles. The lowest BCUT2D eigenvalue weighted by atomic mass is 9.95. The van der Waals surface area contributed by atoms with E-state index in [0.29, 0.717) is 0 Å². The summed E-state index contributed by atoms with van der Waals surface area (Å²) in [6.07, 6.45) is 0. The molecule has 0 spiro atoms. The van der Waals surface area contributed by atoms with Gasteiger partial charge in [0.2, 0.25) is 0 Å². The topological polar surface area (TPSA) is 60.4 Å². The van der Waals surface area contributed by atoms with Crippen LogP contribution in [0.2, 0.25) is 0 Å². The van der Waals surface area contributed by atoms with Crippen molar-refractivity contribution in [2.75, 3.05) is 0 Å². The molecule has 3 heterocycles. The predicted octanol–water partition coefficient (Wildman–Crippen LogP) is 12.3. The Balaban J connectivity index is 0.992. The van der Waals surface area contributed by atoms with Gasteiger partial charge < -0.3 is 0 Å². The maximum atomic E-state index is 5.43. The van der Waals surface area contributed by atoms with Gasteiger partial charge in [-0.05, 0) is 60.7 Å². The summed E-state index contributed by atoms with van der Waals surface area (Å²) in [6, 6.07) is 71.1. The Bertz CT molecular complexity index is 2970. The van der Waals surface area contributed by atoms with E-state index in [0.717, 1.165) is 101 Å². The zero-order valence-electron chi connectivity index (χ0n) is 31.3. The van der Waals surface area contributed by atoms with Crippen LogP contribution >= 0.6 is 0 Å². The maximum Gasteiger partial charge on any atom is 0.145 e. The number of aliphatic imine (C=N–C) groups is 2. The van der Waals surface area contributed by atoms with Crippen molar-refractivity contribution in [2.45, 2.75) is 0 Å². The highest BCUT2D eigenvalue weighted by atomic mass is 15.1. The Morgan fingerprint density at radius 3 is 1.07 bits per heavy atom. The first-order valence-corrected chi connectivity index (χ1v) is 19.4. The first kappa shape index (κ1) is 33.4. The molecule has 0 atom stereocenters. The van der Waals surface area contributed by atoms with E-state index in [-0.39, 0.29) is 0 Å². The zero-order valence-corrected chi connectivity index (χ0v) is 31.3. The van der Waals surface area contributed by atoms with Crippen LogP contribution in [0.4, 0.5) is 11.4 Å². The fourth-order valence-electron chi connectivity index (χ4n) is 8.01. The number of hydrogen-bond donors (Lipinski definition) is 0. The highest BCUT2D eigenvalue weighted by Crippen LogP contribution is 2.36. The number of rotatable bonds is 6. The summed E-state index contributed by atoms with van der Waals surface area (Å²) in [5.74, 6) is 1.78. The van der Waals surface area contributed by atoms with Crippen molar-refractivity contribution in [2.24, 2.45) is 9.98 Å². The van der Waals surface area contributed by atoms with Crippen LogP contribution in [0.25, 0.3) is 56.2 Å². The monoisotopic (exact) mass is 742 g/mol. The van der Waals surface area contributed by atoms with E-state index in [9.17, 15) is 0 Å². The molecule has 1 aliphatic rings. The van der Waals surface area contributed by atoms with Gasteiger partial charge >= 0.3 is 0 Å². The summed E-state index contributed by atoms with van der Waals surface area (Å²) in [5, 5.41) is 0. The van der Waals surface area contributed by atoms with Crippen molar-refractivity contribution in [1.82, 2.24) is 19.1 Å². The van der Waals surface area contributed by atoms with Crippen LogP contribution < -0.4 is 0 Å². The molecule has 6 nitrogen and oxygen atoms in total. The van der Waals surface area contributed by atoms with Gasteiger partial charge in [0.05, 0.1) is 44.9 Å². The van der Waals surface area contributed by atoms with E-state index >= 15 is 0 Å². The van der Waals surface area contributed by atoms with Crippen molar-refractivity contribution < 1.29 is 0 Å². The zero-order chi connectivity index (χ0) is 38.4. The van der Waals surface area contributed by atoms with Crippen molar-refractivity contribution in [1.29, 1.82) is 0 Å². The summed E-state index contributed by atoms with van der Waals surface area (Å²) < 4.78 is 4.46. The van der Waals surface area contributed by atoms with Gasteiger partial charge in [-0.15, -0.1) is 0 Å². The minimum absolute atomic E-state index is 0.857. The molecule has 10 aromatic rings. The van der Waals surface area contributed by atoms with Gasteiger partial charge in [-0.1, -0.05) is 146 Å². The van der Waals surface area contributed by atoms with E-state index in [1.807, 2.05) is 36.4 Å². The molecule has 0 N–H and O–H groups in total. The second-order valence-electron chi connectivity index (χ2n) is 14.3. The molecule has 272 valence electrons. The van der Waals surface area contributed by atoms with Crippen molar-refractivity contribution in [3.63, 3.8) is 0 Å². The van der Waals surface area contributed by atoms with Crippen LogP contribution in [-0.2, 0) is 0 Å². The van der Waals surface area contributed by atoms with Crippen molar-refractivity contribution in [3.05, 3.63) is 229 Å². The average molecular weight is 743 g/mol. The van der Waals surface area contributed by atoms with Gasteiger partial charge in [-0.2, -0.15) is 0 Å². The molecule has 6 heteroatoms. The molecule has 11 rings (SSSR count). The summed E-state index contributed by atoms with van der Waals surface area (Å²) in [6.45, 7) is 0. The minimum atomic E-state index is 0.857. The molecule has 2 aromatic heterocycles. The summed E-state index contributed by atoms with van der Waals surface area (Å²) in [4.78, 5) is 21.0. The second-order valence-corrected chi connectivity index (χ2v) is 14.3. The first-order chi connectivity index (χ1) is 28.8. The van der Waals surface area contributed by atoms with Crippen LogP contribution in [-0.4, -0.2) is 30.5 Å². The summed E-state index contributed by atoms with van der Waals surface area (Å²) in [7, 11) is 0. The molecule has 0 fully saturated rings. The van der Waals surface area contributed by atoms with E-state index in [2.05, 4.69) is 179 Å². The van der Waals surface area contributed by atoms with Crippen LogP contribution in [0.15, 0.2) is 216 Å². The molecule has 0 saturated carbocycles. The Kier molecular flexibility index (Phi) is 8.04. The fraction of sp³-hybridized carbons (Fsp3) is 0. The number of benzene rings is 8. The number of para-hydroxylation sites is 8. The number of aromatic nitrogens is 4. The average Bonchev–Trinajstić information content (AvgIpc) is 3.88. The molecule has 0 aliphatic carbocycles. The van der Waals surface area contributed by atoms with Crippen LogP contribution in [0.1, 0.15) is 22.3 Å². The summed E-state index contributed by atoms with van der Waals surface area (Å²) >= 11 is 0. The van der Waals surface area contributed by atoms with Gasteiger partial charge in [0.1, 0.15) is 11.6 Å². The van der Waals surface area contributed by atoms with Gasteiger partial charge in [-0.25, -0.2) is 20.0 Å². The second kappa shape index (κ2) is 14.0. The quantitative estimate of drug-likeness (QED) is 0.170. The van der Waals surface area contributed by atoms with Crippen LogP contribution in [0, 0.1) is 0 Å². The van der Waals surface area contributed by atoms with Gasteiger partial charge in [0.15, 0.2) is 0 Å². The lowest BCUT2D eigenvalue weighted by molar-refractivity contribution is 1.10. The molecule has 8 aromatic carbocycles. The molecule has 0 radical (unpaired) electrons. The highest BCUT2D eigenvalue weighted by molar-refractivity contribution is 6.22. The van der Waals surface area contributed by atoms with E-state index < -0.39 is 0 Å². The molecule has 0 bridgehead atoms. The Morgan fingerprint density at radius 1 is 0.293 bits per heavy atom. The first-order valence-electron chi connectivity index (χ1n) is 19.4. The fourth-order valence-corrected chi connectivity index (χ4v) is 8.01. The molecule has 0 amide bonds. The third-order valence-corrected chi connectivity index (χ3v) is 10.8. The Morgan fingerprint density at radius 2 is 0.638 bits per heavy atom. The van der Waals surface area contributed by atoms with E-state index in [1.54, 1.807) is 0 Å².